The molecule has 0 unspecified atom stereocenters. The van der Waals surface area contributed by atoms with Gasteiger partial charge in [0.25, 0.3) is 0 Å². The van der Waals surface area contributed by atoms with Crippen molar-refractivity contribution in [3.8, 4) is 0 Å². The molecule has 0 heterocycles. The maximum atomic E-state index is 10.7. The van der Waals surface area contributed by atoms with E-state index in [0.717, 1.165) is 0 Å². The second kappa shape index (κ2) is 8.67. The molecule has 0 aliphatic carbocycles. The third-order valence-corrected chi connectivity index (χ3v) is 2.85. The second-order valence-electron chi connectivity index (χ2n) is 4.78. The lowest BCUT2D eigenvalue weighted by molar-refractivity contribution is 0.0696. The average Bonchev–Trinajstić information content (AvgIpc) is 2.55. The number of hydrogen-bond acceptors (Lipinski definition) is 4. The maximum Gasteiger partial charge on any atom is 0.335 e. The van der Waals surface area contributed by atoms with Gasteiger partial charge in [0.15, 0.2) is 5.96 Å². The van der Waals surface area contributed by atoms with E-state index < -0.39 is 11.9 Å². The Bertz CT molecular complexity index is 790. The van der Waals surface area contributed by atoms with E-state index in [-0.39, 0.29) is 17.4 Å². The molecular weight excluding hydrogens is 324 g/mol. The van der Waals surface area contributed by atoms with Crippen molar-refractivity contribution < 1.29 is 14.7 Å². The predicted molar refractivity (Wildman–Crippen MR) is 94.9 cm³/mol. The Morgan fingerprint density at radius 2 is 1.44 bits per heavy atom. The van der Waals surface area contributed by atoms with Crippen LogP contribution in [0.15, 0.2) is 48.5 Å². The molecule has 0 aromatic heterocycles. The van der Waals surface area contributed by atoms with E-state index >= 15 is 0 Å². The van der Waals surface area contributed by atoms with Crippen LogP contribution >= 0.6 is 0 Å². The van der Waals surface area contributed by atoms with Gasteiger partial charge in [0, 0.05) is 16.8 Å². The molecule has 0 saturated heterocycles. The van der Waals surface area contributed by atoms with Crippen molar-refractivity contribution in [2.24, 2.45) is 17.2 Å². The van der Waals surface area contributed by atoms with Crippen LogP contribution in [-0.4, -0.2) is 28.8 Å². The molecule has 9 nitrogen and oxygen atoms in total. The van der Waals surface area contributed by atoms with Gasteiger partial charge in [-0.05, 0) is 30.3 Å². The van der Waals surface area contributed by atoms with Gasteiger partial charge in [-0.1, -0.05) is 18.2 Å². The minimum Gasteiger partial charge on any atom is -0.478 e. The molecule has 130 valence electrons. The average molecular weight is 342 g/mol. The molecule has 0 bridgehead atoms. The summed E-state index contributed by atoms with van der Waals surface area (Å²) in [7, 11) is 0. The van der Waals surface area contributed by atoms with Crippen molar-refractivity contribution in [1.82, 2.24) is 0 Å². The Kier molecular flexibility index (Phi) is 6.65. The van der Waals surface area contributed by atoms with Gasteiger partial charge < -0.3 is 27.6 Å². The minimum atomic E-state index is -1.01. The van der Waals surface area contributed by atoms with Crippen molar-refractivity contribution in [2.75, 3.05) is 5.32 Å². The first-order valence-electron chi connectivity index (χ1n) is 6.89. The highest BCUT2D eigenvalue weighted by Crippen LogP contribution is 2.09. The predicted octanol–water partition coefficient (Wildman–Crippen LogP) is 0.760. The third-order valence-electron chi connectivity index (χ3n) is 2.85. The van der Waals surface area contributed by atoms with Crippen LogP contribution in [0.4, 0.5) is 5.69 Å². The molecule has 10 N–H and O–H groups in total. The van der Waals surface area contributed by atoms with Crippen molar-refractivity contribution in [1.29, 1.82) is 10.8 Å². The van der Waals surface area contributed by atoms with Gasteiger partial charge in [-0.3, -0.25) is 15.6 Å². The zero-order valence-corrected chi connectivity index (χ0v) is 13.1. The molecule has 0 aliphatic heterocycles. The van der Waals surface area contributed by atoms with Gasteiger partial charge in [-0.25, -0.2) is 4.79 Å². The Hall–Kier alpha value is -3.88. The van der Waals surface area contributed by atoms with E-state index in [0.29, 0.717) is 16.8 Å². The summed E-state index contributed by atoms with van der Waals surface area (Å²) in [6, 6.07) is 12.4. The third kappa shape index (κ3) is 6.40. The lowest BCUT2D eigenvalue weighted by Crippen LogP contribution is -2.20. The molecule has 2 rings (SSSR count). The molecule has 2 aromatic rings. The van der Waals surface area contributed by atoms with Gasteiger partial charge in [0.05, 0.1) is 5.56 Å². The summed E-state index contributed by atoms with van der Waals surface area (Å²) in [5.41, 5.74) is 16.8. The molecule has 9 heteroatoms. The van der Waals surface area contributed by atoms with Crippen LogP contribution in [0, 0.1) is 10.8 Å². The van der Waals surface area contributed by atoms with E-state index in [1.54, 1.807) is 30.3 Å². The van der Waals surface area contributed by atoms with Crippen LogP contribution in [0.1, 0.15) is 26.3 Å². The van der Waals surface area contributed by atoms with E-state index in [2.05, 4.69) is 5.32 Å². The fraction of sp³-hybridized carbons (Fsp3) is 0. The number of benzene rings is 2. The first kappa shape index (κ1) is 19.2. The first-order chi connectivity index (χ1) is 11.7. The number of amides is 1. The number of nitrogen functional groups attached to an aromatic ring is 1. The minimum absolute atomic E-state index is 0.0712. The van der Waals surface area contributed by atoms with Crippen LogP contribution in [0.5, 0.6) is 0 Å². The maximum absolute atomic E-state index is 10.7. The fourth-order valence-corrected chi connectivity index (χ4v) is 1.73. The molecule has 0 atom stereocenters. The molecule has 0 radical (unpaired) electrons. The lowest BCUT2D eigenvalue weighted by atomic mass is 10.1. The summed E-state index contributed by atoms with van der Waals surface area (Å²) in [5, 5.41) is 25.2. The summed E-state index contributed by atoms with van der Waals surface area (Å²) in [6.07, 6.45) is 0. The van der Waals surface area contributed by atoms with Crippen LogP contribution < -0.4 is 22.5 Å². The summed E-state index contributed by atoms with van der Waals surface area (Å²) < 4.78 is 0. The van der Waals surface area contributed by atoms with Crippen LogP contribution in [-0.2, 0) is 0 Å². The van der Waals surface area contributed by atoms with Gasteiger partial charge in [0.1, 0.15) is 5.84 Å². The zero-order valence-electron chi connectivity index (χ0n) is 13.1. The number of hydrogen-bond donors (Lipinski definition) is 7. The highest BCUT2D eigenvalue weighted by molar-refractivity contribution is 5.99. The van der Waals surface area contributed by atoms with Gasteiger partial charge in [-0.2, -0.15) is 0 Å². The molecule has 0 fully saturated rings. The monoisotopic (exact) mass is 342 g/mol. The molecular formula is C16H18N6O3. The van der Waals surface area contributed by atoms with E-state index in [4.69, 9.17) is 33.1 Å². The Morgan fingerprint density at radius 3 is 1.96 bits per heavy atom. The Balaban J connectivity index is 0.000000251. The standard InChI is InChI=1S/C8H9N3O2.C8H9N3O/c9-8(10)11-6-3-1-2-5(4-6)7(12)13;9-7(10)5-2-1-3-6(4-5)8(11)12/h1-4H,(H,12,13)(H4,9,10,11);1-4H,(H3,9,10)(H2,11,12). The number of nitrogens with one attached hydrogen (secondary N) is 3. The van der Waals surface area contributed by atoms with Gasteiger partial charge in [-0.15, -0.1) is 0 Å². The van der Waals surface area contributed by atoms with Gasteiger partial charge in [0.2, 0.25) is 5.91 Å². The highest BCUT2D eigenvalue weighted by Gasteiger charge is 2.03. The smallest absolute Gasteiger partial charge is 0.335 e. The zero-order chi connectivity index (χ0) is 19.0. The molecule has 1 amide bonds. The number of anilines is 1. The van der Waals surface area contributed by atoms with Crippen LogP contribution in [0.2, 0.25) is 0 Å². The van der Waals surface area contributed by atoms with E-state index in [1.165, 1.54) is 18.2 Å². The van der Waals surface area contributed by atoms with Crippen LogP contribution in [0.3, 0.4) is 0 Å². The Morgan fingerprint density at radius 1 is 0.880 bits per heavy atom. The topological polar surface area (TPSA) is 192 Å². The number of carboxylic acid groups (broad SMARTS) is 1. The van der Waals surface area contributed by atoms with Crippen molar-refractivity contribution >= 4 is 29.4 Å². The molecule has 0 aliphatic rings. The number of carboxylic acids is 1. The number of carbonyl (C=O) groups excluding carboxylic acids is 1. The molecule has 0 spiro atoms. The van der Waals surface area contributed by atoms with Crippen molar-refractivity contribution in [3.63, 3.8) is 0 Å². The lowest BCUT2D eigenvalue weighted by Gasteiger charge is -2.03. The second-order valence-corrected chi connectivity index (χ2v) is 4.78. The van der Waals surface area contributed by atoms with Crippen LogP contribution in [0.25, 0.3) is 0 Å². The largest absolute Gasteiger partial charge is 0.478 e. The number of guanidine groups is 1. The number of aromatic carboxylic acids is 1. The normalized spacial score (nSPS) is 9.28. The van der Waals surface area contributed by atoms with Crippen molar-refractivity contribution in [2.45, 2.75) is 0 Å². The molecule has 0 saturated carbocycles. The summed E-state index contributed by atoms with van der Waals surface area (Å²) in [6.45, 7) is 0. The van der Waals surface area contributed by atoms with Gasteiger partial charge >= 0.3 is 5.97 Å². The van der Waals surface area contributed by atoms with E-state index in [9.17, 15) is 9.59 Å². The number of nitrogens with two attached hydrogens (primary N) is 3. The number of amidine groups is 1. The fourth-order valence-electron chi connectivity index (χ4n) is 1.73. The quantitative estimate of drug-likeness (QED) is 0.316. The number of carbonyl (C=O) groups is 2. The number of rotatable bonds is 4. The Labute approximate surface area is 143 Å². The summed E-state index contributed by atoms with van der Waals surface area (Å²) in [5.74, 6) is -1.81. The van der Waals surface area contributed by atoms with Crippen molar-refractivity contribution in [3.05, 3.63) is 65.2 Å². The summed E-state index contributed by atoms with van der Waals surface area (Å²) >= 11 is 0. The summed E-state index contributed by atoms with van der Waals surface area (Å²) in [4.78, 5) is 21.2. The first-order valence-corrected chi connectivity index (χ1v) is 6.89. The molecule has 25 heavy (non-hydrogen) atoms. The molecule has 2 aromatic carbocycles. The number of primary amides is 1. The SMILES string of the molecule is N=C(N)Nc1cccc(C(=O)O)c1.N=C(N)c1cccc(C(N)=O)c1. The van der Waals surface area contributed by atoms with E-state index in [1.807, 2.05) is 0 Å². The highest BCUT2D eigenvalue weighted by atomic mass is 16.4.